The monoisotopic (exact) mass is 312 g/mol. The molecule has 0 unspecified atom stereocenters. The van der Waals surface area contributed by atoms with Gasteiger partial charge in [-0.05, 0) is 43.5 Å². The van der Waals surface area contributed by atoms with Crippen molar-refractivity contribution in [3.63, 3.8) is 0 Å². The molecule has 1 aliphatic rings. The van der Waals surface area contributed by atoms with Gasteiger partial charge in [-0.15, -0.1) is 0 Å². The molecule has 1 saturated carbocycles. The molecule has 23 heavy (non-hydrogen) atoms. The van der Waals surface area contributed by atoms with Crippen molar-refractivity contribution >= 4 is 12.2 Å². The number of nitrogens with one attached hydrogen (secondary N) is 1. The van der Waals surface area contributed by atoms with Crippen molar-refractivity contribution in [1.29, 1.82) is 0 Å². The van der Waals surface area contributed by atoms with Gasteiger partial charge in [-0.3, -0.25) is 9.78 Å². The van der Waals surface area contributed by atoms with E-state index in [4.69, 9.17) is 0 Å². The number of nitrogens with zero attached hydrogens (tertiary/aromatic N) is 1. The van der Waals surface area contributed by atoms with Crippen molar-refractivity contribution < 1.29 is 14.0 Å². The first-order chi connectivity index (χ1) is 11.2. The average Bonchev–Trinajstić information content (AvgIpc) is 3.02. The van der Waals surface area contributed by atoms with E-state index < -0.39 is 0 Å². The Morgan fingerprint density at radius 1 is 1.26 bits per heavy atom. The van der Waals surface area contributed by atoms with Crippen LogP contribution in [0.2, 0.25) is 0 Å². The van der Waals surface area contributed by atoms with Gasteiger partial charge < -0.3 is 10.1 Å². The zero-order valence-electron chi connectivity index (χ0n) is 12.5. The van der Waals surface area contributed by atoms with E-state index in [1.165, 1.54) is 18.3 Å². The third-order valence-electron chi connectivity index (χ3n) is 4.15. The van der Waals surface area contributed by atoms with Gasteiger partial charge in [-0.25, -0.2) is 4.39 Å². The summed E-state index contributed by atoms with van der Waals surface area (Å²) in [6.45, 7) is 0. The molecule has 1 fully saturated rings. The summed E-state index contributed by atoms with van der Waals surface area (Å²) in [4.78, 5) is 27.2. The number of carbonyl (C=O) groups is 2. The van der Waals surface area contributed by atoms with Crippen LogP contribution >= 0.6 is 0 Å². The van der Waals surface area contributed by atoms with Crippen LogP contribution < -0.4 is 5.32 Å². The molecule has 2 aromatic rings. The Kier molecular flexibility index (Phi) is 4.46. The fraction of sp³-hybridized carbons (Fsp3) is 0.278. The second kappa shape index (κ2) is 6.69. The number of amides is 1. The minimum atomic E-state index is -0.322. The molecule has 4 nitrogen and oxygen atoms in total. The summed E-state index contributed by atoms with van der Waals surface area (Å²) in [6.07, 6.45) is 4.79. The van der Waals surface area contributed by atoms with Gasteiger partial charge in [-0.1, -0.05) is 12.1 Å². The topological polar surface area (TPSA) is 59.1 Å². The van der Waals surface area contributed by atoms with Crippen molar-refractivity contribution in [1.82, 2.24) is 10.3 Å². The van der Waals surface area contributed by atoms with Gasteiger partial charge in [0.2, 0.25) is 0 Å². The van der Waals surface area contributed by atoms with Gasteiger partial charge in [-0.2, -0.15) is 0 Å². The summed E-state index contributed by atoms with van der Waals surface area (Å²) < 4.78 is 13.2. The Morgan fingerprint density at radius 3 is 2.78 bits per heavy atom. The Labute approximate surface area is 133 Å². The largest absolute Gasteiger partial charge is 0.349 e. The van der Waals surface area contributed by atoms with Crippen LogP contribution in [0.15, 0.2) is 42.6 Å². The van der Waals surface area contributed by atoms with Crippen LogP contribution in [0.1, 0.15) is 29.6 Å². The van der Waals surface area contributed by atoms with Crippen molar-refractivity contribution in [2.45, 2.75) is 25.3 Å². The smallest absolute Gasteiger partial charge is 0.253 e. The minimum Gasteiger partial charge on any atom is -0.349 e. The predicted molar refractivity (Wildman–Crippen MR) is 84.3 cm³/mol. The van der Waals surface area contributed by atoms with E-state index in [1.54, 1.807) is 24.3 Å². The van der Waals surface area contributed by atoms with E-state index in [1.807, 2.05) is 0 Å². The van der Waals surface area contributed by atoms with E-state index >= 15 is 0 Å². The number of hydrogen-bond donors (Lipinski definition) is 1. The Bertz CT molecular complexity index is 715. The van der Waals surface area contributed by atoms with E-state index in [0.29, 0.717) is 23.2 Å². The number of carbonyl (C=O) groups excluding carboxylic acids is 2. The lowest BCUT2D eigenvalue weighted by atomic mass is 10.1. The summed E-state index contributed by atoms with van der Waals surface area (Å²) in [6, 6.07) is 9.58. The van der Waals surface area contributed by atoms with Crippen molar-refractivity contribution in [3.05, 3.63) is 54.0 Å². The molecule has 1 aliphatic carbocycles. The standard InChI is InChI=1S/C18H17FN2O2/c19-15-3-1-2-13(9-15)17-7-5-14(10-20-17)18(23)21-16-6-4-12(8-16)11-22/h1-3,5,7,9-12,16H,4,6,8H2,(H,21,23)/t12-,16+/m1/s1. The van der Waals surface area contributed by atoms with Gasteiger partial charge in [0.25, 0.3) is 5.91 Å². The lowest BCUT2D eigenvalue weighted by Gasteiger charge is -2.12. The quantitative estimate of drug-likeness (QED) is 0.883. The number of aldehydes is 1. The second-order valence-electron chi connectivity index (χ2n) is 5.82. The van der Waals surface area contributed by atoms with Crippen LogP contribution in [0.25, 0.3) is 11.3 Å². The maximum atomic E-state index is 13.2. The highest BCUT2D eigenvalue weighted by molar-refractivity contribution is 5.94. The Balaban J connectivity index is 1.67. The molecule has 0 aliphatic heterocycles. The molecule has 1 aromatic heterocycles. The van der Waals surface area contributed by atoms with E-state index in [9.17, 15) is 14.0 Å². The van der Waals surface area contributed by atoms with Crippen molar-refractivity contribution in [2.24, 2.45) is 5.92 Å². The fourth-order valence-electron chi connectivity index (χ4n) is 2.89. The Morgan fingerprint density at radius 2 is 2.13 bits per heavy atom. The molecule has 0 saturated heterocycles. The summed E-state index contributed by atoms with van der Waals surface area (Å²) in [5, 5.41) is 2.93. The number of halogens is 1. The van der Waals surface area contributed by atoms with Gasteiger partial charge in [0.15, 0.2) is 0 Å². The number of benzene rings is 1. The third-order valence-corrected chi connectivity index (χ3v) is 4.15. The maximum absolute atomic E-state index is 13.2. The normalized spacial score (nSPS) is 20.2. The maximum Gasteiger partial charge on any atom is 0.253 e. The molecule has 1 aromatic carbocycles. The molecule has 5 heteroatoms. The number of hydrogen-bond acceptors (Lipinski definition) is 3. The lowest BCUT2D eigenvalue weighted by Crippen LogP contribution is -2.33. The van der Waals surface area contributed by atoms with E-state index in [0.717, 1.165) is 19.1 Å². The highest BCUT2D eigenvalue weighted by atomic mass is 19.1. The fourth-order valence-corrected chi connectivity index (χ4v) is 2.89. The summed E-state index contributed by atoms with van der Waals surface area (Å²) in [5.41, 5.74) is 1.74. The first kappa shape index (κ1) is 15.3. The number of aromatic nitrogens is 1. The van der Waals surface area contributed by atoms with Gasteiger partial charge in [0, 0.05) is 23.7 Å². The molecule has 1 amide bonds. The average molecular weight is 312 g/mol. The number of rotatable bonds is 4. The molecule has 3 rings (SSSR count). The zero-order chi connectivity index (χ0) is 16.2. The van der Waals surface area contributed by atoms with E-state index in [2.05, 4.69) is 10.3 Å². The number of pyridine rings is 1. The molecule has 1 N–H and O–H groups in total. The van der Waals surface area contributed by atoms with Crippen molar-refractivity contribution in [2.75, 3.05) is 0 Å². The van der Waals surface area contributed by atoms with Crippen LogP contribution in [0.4, 0.5) is 4.39 Å². The van der Waals surface area contributed by atoms with Crippen LogP contribution in [-0.4, -0.2) is 23.2 Å². The highest BCUT2D eigenvalue weighted by Gasteiger charge is 2.25. The van der Waals surface area contributed by atoms with Gasteiger partial charge in [0.1, 0.15) is 12.1 Å². The molecule has 0 bridgehead atoms. The molecule has 0 spiro atoms. The Hall–Kier alpha value is -2.56. The molecule has 0 radical (unpaired) electrons. The SMILES string of the molecule is O=C[C@@H]1CC[C@H](NC(=O)c2ccc(-c3cccc(F)c3)nc2)C1. The summed E-state index contributed by atoms with van der Waals surface area (Å²) in [5.74, 6) is -0.467. The first-order valence-corrected chi connectivity index (χ1v) is 7.64. The second-order valence-corrected chi connectivity index (χ2v) is 5.82. The molecular weight excluding hydrogens is 295 g/mol. The van der Waals surface area contributed by atoms with Crippen molar-refractivity contribution in [3.8, 4) is 11.3 Å². The predicted octanol–water partition coefficient (Wildman–Crippen LogP) is 2.99. The van der Waals surface area contributed by atoms with Crippen LogP contribution in [0, 0.1) is 11.7 Å². The van der Waals surface area contributed by atoms with Crippen LogP contribution in [0.5, 0.6) is 0 Å². The summed E-state index contributed by atoms with van der Waals surface area (Å²) >= 11 is 0. The molecular formula is C18H17FN2O2. The highest BCUT2D eigenvalue weighted by Crippen LogP contribution is 2.24. The molecule has 118 valence electrons. The zero-order valence-corrected chi connectivity index (χ0v) is 12.5. The van der Waals surface area contributed by atoms with Crippen LogP contribution in [-0.2, 0) is 4.79 Å². The molecule has 2 atom stereocenters. The van der Waals surface area contributed by atoms with E-state index in [-0.39, 0.29) is 23.7 Å². The van der Waals surface area contributed by atoms with Gasteiger partial charge >= 0.3 is 0 Å². The van der Waals surface area contributed by atoms with Crippen LogP contribution in [0.3, 0.4) is 0 Å². The first-order valence-electron chi connectivity index (χ1n) is 7.64. The third kappa shape index (κ3) is 3.62. The van der Waals surface area contributed by atoms with Gasteiger partial charge in [0.05, 0.1) is 11.3 Å². The summed E-state index contributed by atoms with van der Waals surface area (Å²) in [7, 11) is 0. The molecule has 1 heterocycles. The minimum absolute atomic E-state index is 0.0422. The lowest BCUT2D eigenvalue weighted by molar-refractivity contribution is -0.110.